The number of benzene rings is 1. The number of hydrogen-bond donors (Lipinski definition) is 1. The lowest BCUT2D eigenvalue weighted by Crippen LogP contribution is -2.19. The van der Waals surface area contributed by atoms with E-state index >= 15 is 0 Å². The summed E-state index contributed by atoms with van der Waals surface area (Å²) in [7, 11) is 0. The lowest BCUT2D eigenvalue weighted by molar-refractivity contribution is 0.262. The topological polar surface area (TPSA) is 34.4 Å². The number of para-hydroxylation sites is 1. The Morgan fingerprint density at radius 3 is 2.81 bits per heavy atom. The van der Waals surface area contributed by atoms with Gasteiger partial charge in [-0.15, -0.1) is 11.8 Å². The van der Waals surface area contributed by atoms with Gasteiger partial charge in [0.25, 0.3) is 0 Å². The van der Waals surface area contributed by atoms with Gasteiger partial charge in [-0.3, -0.25) is 0 Å². The molecule has 0 fully saturated rings. The van der Waals surface area contributed by atoms with Crippen LogP contribution in [0.15, 0.2) is 45.9 Å². The van der Waals surface area contributed by atoms with Crippen molar-refractivity contribution in [3.63, 3.8) is 0 Å². The molecule has 0 aliphatic rings. The fourth-order valence-electron chi connectivity index (χ4n) is 2.03. The van der Waals surface area contributed by atoms with Crippen LogP contribution in [-0.2, 0) is 13.2 Å². The van der Waals surface area contributed by atoms with Crippen molar-refractivity contribution in [3.8, 4) is 5.75 Å². The van der Waals surface area contributed by atoms with E-state index in [9.17, 15) is 0 Å². The molecule has 0 atom stereocenters. The Hall–Kier alpha value is -1.39. The molecule has 0 saturated carbocycles. The van der Waals surface area contributed by atoms with E-state index in [-0.39, 0.29) is 0 Å². The molecule has 0 amide bonds. The van der Waals surface area contributed by atoms with E-state index in [2.05, 4.69) is 31.5 Å². The maximum absolute atomic E-state index is 5.90. The van der Waals surface area contributed by atoms with Crippen molar-refractivity contribution in [3.05, 3.63) is 47.9 Å². The van der Waals surface area contributed by atoms with E-state index in [0.29, 0.717) is 12.5 Å². The summed E-state index contributed by atoms with van der Waals surface area (Å²) >= 11 is 1.69. The Morgan fingerprint density at radius 1 is 1.24 bits per heavy atom. The van der Waals surface area contributed by atoms with Gasteiger partial charge in [-0.25, -0.2) is 0 Å². The van der Waals surface area contributed by atoms with Gasteiger partial charge in [-0.05, 0) is 36.9 Å². The van der Waals surface area contributed by atoms with Crippen molar-refractivity contribution in [2.24, 2.45) is 5.92 Å². The van der Waals surface area contributed by atoms with Crippen molar-refractivity contribution in [1.82, 2.24) is 5.32 Å². The Labute approximate surface area is 131 Å². The Balaban J connectivity index is 1.93. The van der Waals surface area contributed by atoms with E-state index in [1.165, 1.54) is 0 Å². The van der Waals surface area contributed by atoms with Crippen molar-refractivity contribution >= 4 is 11.8 Å². The van der Waals surface area contributed by atoms with E-state index < -0.39 is 0 Å². The minimum atomic E-state index is 0.462. The van der Waals surface area contributed by atoms with E-state index in [1.54, 1.807) is 18.0 Å². The fourth-order valence-corrected chi connectivity index (χ4v) is 2.57. The maximum Gasteiger partial charge on any atom is 0.146 e. The number of hydrogen-bond acceptors (Lipinski definition) is 4. The van der Waals surface area contributed by atoms with Gasteiger partial charge in [0.15, 0.2) is 0 Å². The summed E-state index contributed by atoms with van der Waals surface area (Å²) in [6.07, 6.45) is 3.78. The molecule has 2 aromatic rings. The summed E-state index contributed by atoms with van der Waals surface area (Å²) in [6.45, 7) is 6.68. The average molecular weight is 305 g/mol. The number of nitrogens with one attached hydrogen (secondary N) is 1. The number of furan rings is 1. The zero-order valence-corrected chi connectivity index (χ0v) is 13.7. The quantitative estimate of drug-likeness (QED) is 0.736. The molecule has 0 spiro atoms. The molecule has 0 bridgehead atoms. The highest BCUT2D eigenvalue weighted by molar-refractivity contribution is 7.98. The van der Waals surface area contributed by atoms with Crippen LogP contribution in [-0.4, -0.2) is 12.8 Å². The van der Waals surface area contributed by atoms with Crippen molar-refractivity contribution in [2.75, 3.05) is 12.8 Å². The molecule has 1 heterocycles. The van der Waals surface area contributed by atoms with Crippen LogP contribution in [0.25, 0.3) is 0 Å². The molecule has 0 aliphatic carbocycles. The van der Waals surface area contributed by atoms with E-state index in [1.807, 2.05) is 24.3 Å². The summed E-state index contributed by atoms with van der Waals surface area (Å²) in [5, 5.41) is 3.43. The summed E-state index contributed by atoms with van der Waals surface area (Å²) < 4.78 is 11.4. The van der Waals surface area contributed by atoms with Crippen LogP contribution in [0, 0.1) is 5.92 Å². The summed E-state index contributed by atoms with van der Waals surface area (Å²) in [5.74, 6) is 2.44. The molecule has 1 aromatic heterocycles. The van der Waals surface area contributed by atoms with Crippen LogP contribution in [0.4, 0.5) is 0 Å². The predicted molar refractivity (Wildman–Crippen MR) is 87.8 cm³/mol. The van der Waals surface area contributed by atoms with Crippen molar-refractivity contribution in [2.45, 2.75) is 31.9 Å². The summed E-state index contributed by atoms with van der Waals surface area (Å²) in [4.78, 5) is 1.14. The molecule has 114 valence electrons. The van der Waals surface area contributed by atoms with Gasteiger partial charge in [0.1, 0.15) is 18.1 Å². The van der Waals surface area contributed by atoms with Gasteiger partial charge < -0.3 is 14.5 Å². The first-order valence-electron chi connectivity index (χ1n) is 7.22. The first-order valence-corrected chi connectivity index (χ1v) is 8.45. The molecule has 0 unspecified atom stereocenters. The standard InChI is InChI=1S/C17H23NO2S/c1-13(2)10-18-11-14-8-9-19-16(14)12-20-15-6-4-5-7-17(15)21-3/h4-9,13,18H,10-12H2,1-3H3. The molecule has 0 radical (unpaired) electrons. The molecule has 2 rings (SSSR count). The third-order valence-electron chi connectivity index (χ3n) is 3.13. The second kappa shape index (κ2) is 8.15. The van der Waals surface area contributed by atoms with Crippen molar-refractivity contribution < 1.29 is 9.15 Å². The number of ether oxygens (including phenoxy) is 1. The predicted octanol–water partition coefficient (Wildman–Crippen LogP) is 4.33. The maximum atomic E-state index is 5.90. The smallest absolute Gasteiger partial charge is 0.146 e. The van der Waals surface area contributed by atoms with Gasteiger partial charge in [0.2, 0.25) is 0 Å². The molecule has 21 heavy (non-hydrogen) atoms. The van der Waals surface area contributed by atoms with Gasteiger partial charge in [-0.1, -0.05) is 26.0 Å². The first kappa shape index (κ1) is 16.0. The van der Waals surface area contributed by atoms with E-state index in [0.717, 1.165) is 35.1 Å². The molecule has 3 nitrogen and oxygen atoms in total. The second-order valence-corrected chi connectivity index (χ2v) is 6.18. The monoisotopic (exact) mass is 305 g/mol. The van der Waals surface area contributed by atoms with Gasteiger partial charge >= 0.3 is 0 Å². The molecule has 0 aliphatic heterocycles. The molecule has 1 aromatic carbocycles. The minimum absolute atomic E-state index is 0.462. The molecular weight excluding hydrogens is 282 g/mol. The highest BCUT2D eigenvalue weighted by Crippen LogP contribution is 2.28. The van der Waals surface area contributed by atoms with Crippen LogP contribution >= 0.6 is 11.8 Å². The zero-order valence-electron chi connectivity index (χ0n) is 12.9. The SMILES string of the molecule is CSc1ccccc1OCc1occc1CNCC(C)C. The van der Waals surface area contributed by atoms with Gasteiger partial charge in [0.05, 0.1) is 6.26 Å². The lowest BCUT2D eigenvalue weighted by Gasteiger charge is -2.10. The summed E-state index contributed by atoms with van der Waals surface area (Å²) in [6, 6.07) is 10.1. The average Bonchev–Trinajstić information content (AvgIpc) is 2.92. The normalized spacial score (nSPS) is 11.0. The largest absolute Gasteiger partial charge is 0.484 e. The fraction of sp³-hybridized carbons (Fsp3) is 0.412. The molecule has 4 heteroatoms. The van der Waals surface area contributed by atoms with Crippen LogP contribution < -0.4 is 10.1 Å². The van der Waals surface area contributed by atoms with Crippen LogP contribution in [0.1, 0.15) is 25.2 Å². The van der Waals surface area contributed by atoms with Crippen LogP contribution in [0.2, 0.25) is 0 Å². The second-order valence-electron chi connectivity index (χ2n) is 5.33. The summed E-state index contributed by atoms with van der Waals surface area (Å²) in [5.41, 5.74) is 1.16. The van der Waals surface area contributed by atoms with Crippen molar-refractivity contribution in [1.29, 1.82) is 0 Å². The first-order chi connectivity index (χ1) is 10.2. The van der Waals surface area contributed by atoms with Gasteiger partial charge in [0, 0.05) is 17.0 Å². The van der Waals surface area contributed by atoms with Crippen LogP contribution in [0.3, 0.4) is 0 Å². The lowest BCUT2D eigenvalue weighted by atomic mass is 10.2. The Bertz CT molecular complexity index is 551. The van der Waals surface area contributed by atoms with Gasteiger partial charge in [-0.2, -0.15) is 0 Å². The third kappa shape index (κ3) is 4.83. The number of thioether (sulfide) groups is 1. The Kier molecular flexibility index (Phi) is 6.21. The highest BCUT2D eigenvalue weighted by atomic mass is 32.2. The third-order valence-corrected chi connectivity index (χ3v) is 3.91. The molecule has 0 saturated heterocycles. The van der Waals surface area contributed by atoms with E-state index in [4.69, 9.17) is 9.15 Å². The number of rotatable bonds is 8. The molecular formula is C17H23NO2S. The van der Waals surface area contributed by atoms with Crippen LogP contribution in [0.5, 0.6) is 5.75 Å². The zero-order chi connectivity index (χ0) is 15.1. The molecule has 1 N–H and O–H groups in total. The highest BCUT2D eigenvalue weighted by Gasteiger charge is 2.09. The minimum Gasteiger partial charge on any atom is -0.484 e. The Morgan fingerprint density at radius 2 is 2.05 bits per heavy atom.